The van der Waals surface area contributed by atoms with Crippen LogP contribution >= 0.6 is 11.8 Å². The lowest BCUT2D eigenvalue weighted by Crippen LogP contribution is -2.40. The smallest absolute Gasteiger partial charge is 0.0611 e. The van der Waals surface area contributed by atoms with Crippen molar-refractivity contribution >= 4 is 11.8 Å². The Morgan fingerprint density at radius 3 is 2.92 bits per heavy atom. The Labute approximate surface area is 78.9 Å². The lowest BCUT2D eigenvalue weighted by molar-refractivity contribution is 0.200. The van der Waals surface area contributed by atoms with Crippen molar-refractivity contribution in [1.29, 1.82) is 0 Å². The molecular formula is C9H19NOS. The molecule has 0 heterocycles. The number of nitrogens with two attached hydrogens (primary N) is 1. The van der Waals surface area contributed by atoms with Crippen molar-refractivity contribution in [3.8, 4) is 0 Å². The van der Waals surface area contributed by atoms with Gasteiger partial charge >= 0.3 is 0 Å². The van der Waals surface area contributed by atoms with Gasteiger partial charge in [-0.05, 0) is 31.4 Å². The van der Waals surface area contributed by atoms with E-state index in [1.165, 1.54) is 18.6 Å². The third kappa shape index (κ3) is 2.64. The molecule has 0 radical (unpaired) electrons. The Hall–Kier alpha value is 0.270. The molecule has 2 nitrogen and oxygen atoms in total. The van der Waals surface area contributed by atoms with Gasteiger partial charge in [0.2, 0.25) is 0 Å². The van der Waals surface area contributed by atoms with E-state index >= 15 is 0 Å². The van der Waals surface area contributed by atoms with Crippen molar-refractivity contribution in [3.63, 3.8) is 0 Å². The van der Waals surface area contributed by atoms with E-state index < -0.39 is 0 Å². The van der Waals surface area contributed by atoms with E-state index in [2.05, 4.69) is 6.92 Å². The summed E-state index contributed by atoms with van der Waals surface area (Å²) in [5, 5.41) is 9.73. The molecule has 2 atom stereocenters. The lowest BCUT2D eigenvalue weighted by atomic mass is 10.0. The van der Waals surface area contributed by atoms with E-state index in [1.807, 2.05) is 11.8 Å². The predicted octanol–water partition coefficient (Wildman–Crippen LogP) is 1.37. The van der Waals surface area contributed by atoms with Crippen LogP contribution in [0, 0.1) is 0 Å². The molecule has 72 valence electrons. The van der Waals surface area contributed by atoms with Gasteiger partial charge in [0.05, 0.1) is 6.61 Å². The summed E-state index contributed by atoms with van der Waals surface area (Å²) in [6.45, 7) is 2.35. The van der Waals surface area contributed by atoms with E-state index in [-0.39, 0.29) is 12.1 Å². The molecule has 1 aliphatic carbocycles. The van der Waals surface area contributed by atoms with Crippen LogP contribution in [0.25, 0.3) is 0 Å². The molecule has 3 heteroatoms. The average Bonchev–Trinajstić information content (AvgIpc) is 2.45. The zero-order chi connectivity index (χ0) is 9.03. The molecule has 1 saturated carbocycles. The van der Waals surface area contributed by atoms with Crippen molar-refractivity contribution in [2.24, 2.45) is 5.73 Å². The van der Waals surface area contributed by atoms with E-state index in [0.717, 1.165) is 12.8 Å². The summed E-state index contributed by atoms with van der Waals surface area (Å²) in [5.41, 5.74) is 5.70. The Kier molecular flexibility index (Phi) is 3.87. The largest absolute Gasteiger partial charge is 0.394 e. The molecular weight excluding hydrogens is 170 g/mol. The molecule has 0 spiro atoms. The molecule has 1 fully saturated rings. The van der Waals surface area contributed by atoms with E-state index in [4.69, 9.17) is 10.8 Å². The maximum Gasteiger partial charge on any atom is 0.0611 e. The molecule has 2 unspecified atom stereocenters. The maximum atomic E-state index is 9.03. The minimum Gasteiger partial charge on any atom is -0.394 e. The van der Waals surface area contributed by atoms with Crippen LogP contribution in [-0.2, 0) is 0 Å². The van der Waals surface area contributed by atoms with Crippen LogP contribution in [-0.4, -0.2) is 28.3 Å². The summed E-state index contributed by atoms with van der Waals surface area (Å²) in [5.74, 6) is 1.23. The summed E-state index contributed by atoms with van der Waals surface area (Å²) in [7, 11) is 0. The Morgan fingerprint density at radius 1 is 1.67 bits per heavy atom. The van der Waals surface area contributed by atoms with Gasteiger partial charge in [-0.15, -0.1) is 0 Å². The highest BCUT2D eigenvalue weighted by molar-refractivity contribution is 7.99. The van der Waals surface area contributed by atoms with E-state index in [0.29, 0.717) is 5.25 Å². The number of thioether (sulfide) groups is 1. The highest BCUT2D eigenvalue weighted by Gasteiger charge is 2.34. The van der Waals surface area contributed by atoms with Gasteiger partial charge in [-0.25, -0.2) is 0 Å². The fourth-order valence-electron chi connectivity index (χ4n) is 1.68. The van der Waals surface area contributed by atoms with Crippen molar-refractivity contribution in [2.75, 3.05) is 12.4 Å². The molecule has 1 rings (SSSR count). The third-order valence-corrected chi connectivity index (χ3v) is 3.99. The highest BCUT2D eigenvalue weighted by atomic mass is 32.2. The van der Waals surface area contributed by atoms with Crippen LogP contribution in [0.3, 0.4) is 0 Å². The molecule has 0 aromatic carbocycles. The monoisotopic (exact) mass is 189 g/mol. The zero-order valence-corrected chi connectivity index (χ0v) is 8.57. The molecule has 3 N–H and O–H groups in total. The Bertz CT molecular complexity index is 140. The fraction of sp³-hybridized carbons (Fsp3) is 1.00. The Morgan fingerprint density at radius 2 is 2.42 bits per heavy atom. The van der Waals surface area contributed by atoms with Crippen LogP contribution in [0.4, 0.5) is 0 Å². The molecule has 12 heavy (non-hydrogen) atoms. The topological polar surface area (TPSA) is 46.2 Å². The lowest BCUT2D eigenvalue weighted by Gasteiger charge is -2.20. The van der Waals surface area contributed by atoms with Crippen LogP contribution in [0.1, 0.15) is 32.6 Å². The van der Waals surface area contributed by atoms with Gasteiger partial charge in [-0.2, -0.15) is 11.8 Å². The SMILES string of the molecule is CCCSC1CCC(N)(CO)C1. The molecule has 0 aromatic rings. The van der Waals surface area contributed by atoms with Crippen molar-refractivity contribution < 1.29 is 5.11 Å². The van der Waals surface area contributed by atoms with Gasteiger partial charge < -0.3 is 10.8 Å². The predicted molar refractivity (Wildman–Crippen MR) is 54.4 cm³/mol. The first-order valence-corrected chi connectivity index (χ1v) is 5.76. The van der Waals surface area contributed by atoms with Gasteiger partial charge in [-0.3, -0.25) is 0 Å². The normalized spacial score (nSPS) is 35.8. The third-order valence-electron chi connectivity index (χ3n) is 2.47. The highest BCUT2D eigenvalue weighted by Crippen LogP contribution is 2.35. The number of aliphatic hydroxyl groups is 1. The number of aliphatic hydroxyl groups excluding tert-OH is 1. The zero-order valence-electron chi connectivity index (χ0n) is 7.75. The number of hydrogen-bond acceptors (Lipinski definition) is 3. The van der Waals surface area contributed by atoms with Gasteiger partial charge in [-0.1, -0.05) is 6.92 Å². The van der Waals surface area contributed by atoms with Crippen LogP contribution < -0.4 is 5.73 Å². The minimum atomic E-state index is -0.259. The maximum absolute atomic E-state index is 9.03. The van der Waals surface area contributed by atoms with Gasteiger partial charge in [0.15, 0.2) is 0 Å². The summed E-state index contributed by atoms with van der Waals surface area (Å²) >= 11 is 2.01. The van der Waals surface area contributed by atoms with Crippen molar-refractivity contribution in [1.82, 2.24) is 0 Å². The van der Waals surface area contributed by atoms with Gasteiger partial charge in [0, 0.05) is 10.8 Å². The molecule has 0 amide bonds. The van der Waals surface area contributed by atoms with Crippen LogP contribution in [0.5, 0.6) is 0 Å². The molecule has 1 aliphatic rings. The number of hydrogen-bond donors (Lipinski definition) is 2. The fourth-order valence-corrected chi connectivity index (χ4v) is 2.98. The first kappa shape index (κ1) is 10.4. The van der Waals surface area contributed by atoms with Crippen LogP contribution in [0.15, 0.2) is 0 Å². The van der Waals surface area contributed by atoms with E-state index in [9.17, 15) is 0 Å². The second kappa shape index (κ2) is 4.49. The minimum absolute atomic E-state index is 0.149. The quantitative estimate of drug-likeness (QED) is 0.702. The van der Waals surface area contributed by atoms with Crippen LogP contribution in [0.2, 0.25) is 0 Å². The summed E-state index contributed by atoms with van der Waals surface area (Å²) in [6, 6.07) is 0. The second-order valence-corrected chi connectivity index (χ2v) is 5.16. The van der Waals surface area contributed by atoms with Crippen molar-refractivity contribution in [2.45, 2.75) is 43.4 Å². The van der Waals surface area contributed by atoms with Gasteiger partial charge in [0.1, 0.15) is 0 Å². The molecule has 0 bridgehead atoms. The van der Waals surface area contributed by atoms with Crippen molar-refractivity contribution in [3.05, 3.63) is 0 Å². The van der Waals surface area contributed by atoms with E-state index in [1.54, 1.807) is 0 Å². The first-order chi connectivity index (χ1) is 5.70. The molecule has 0 saturated heterocycles. The standard InChI is InChI=1S/C9H19NOS/c1-2-5-12-8-3-4-9(10,6-8)7-11/h8,11H,2-7,10H2,1H3. The molecule has 0 aromatic heterocycles. The average molecular weight is 189 g/mol. The summed E-state index contributed by atoms with van der Waals surface area (Å²) in [6.07, 6.45) is 4.40. The second-order valence-electron chi connectivity index (χ2n) is 3.76. The van der Waals surface area contributed by atoms with Gasteiger partial charge in [0.25, 0.3) is 0 Å². The number of rotatable bonds is 4. The summed E-state index contributed by atoms with van der Waals surface area (Å²) in [4.78, 5) is 0. The first-order valence-electron chi connectivity index (χ1n) is 4.71. The summed E-state index contributed by atoms with van der Waals surface area (Å²) < 4.78 is 0. The Balaban J connectivity index is 2.25. The molecule has 0 aliphatic heterocycles.